The predicted molar refractivity (Wildman–Crippen MR) is 82.5 cm³/mol. The number of rotatable bonds is 2. The summed E-state index contributed by atoms with van der Waals surface area (Å²) in [5.41, 5.74) is 0.933. The van der Waals surface area contributed by atoms with E-state index in [2.05, 4.69) is 0 Å². The Morgan fingerprint density at radius 2 is 1.95 bits per heavy atom. The zero-order valence-electron chi connectivity index (χ0n) is 12.0. The smallest absolute Gasteiger partial charge is 0.307 e. The summed E-state index contributed by atoms with van der Waals surface area (Å²) in [4.78, 5) is 27.2. The number of hydrogen-bond acceptors (Lipinski definition) is 3. The van der Waals surface area contributed by atoms with E-state index in [0.29, 0.717) is 25.3 Å². The summed E-state index contributed by atoms with van der Waals surface area (Å²) in [6.07, 6.45) is 1.29. The van der Waals surface area contributed by atoms with Gasteiger partial charge in [0.05, 0.1) is 17.5 Å². The monoisotopic (exact) mass is 305 g/mol. The van der Waals surface area contributed by atoms with Gasteiger partial charge >= 0.3 is 5.97 Å². The lowest BCUT2D eigenvalue weighted by atomic mass is 9.94. The maximum atomic E-state index is 12.9. The standard InChI is InChI=1S/C16H19NO3S/c1-10-8-11(12(9-10)16(19)20)15(18)17-6-7-21-14-5-3-2-4-13(14)17/h2-5,10-12H,6-9H2,1H3,(H,19,20). The fraction of sp³-hybridized carbons (Fsp3) is 0.500. The lowest BCUT2D eigenvalue weighted by Crippen LogP contribution is -2.42. The highest BCUT2D eigenvalue weighted by molar-refractivity contribution is 7.99. The van der Waals surface area contributed by atoms with E-state index in [1.54, 1.807) is 16.7 Å². The van der Waals surface area contributed by atoms with Gasteiger partial charge in [-0.25, -0.2) is 0 Å². The van der Waals surface area contributed by atoms with Gasteiger partial charge in [0.15, 0.2) is 0 Å². The molecule has 1 aliphatic heterocycles. The first kappa shape index (κ1) is 14.4. The second-order valence-corrected chi connectivity index (χ2v) is 7.07. The van der Waals surface area contributed by atoms with Crippen molar-refractivity contribution in [2.45, 2.75) is 24.7 Å². The number of thioether (sulfide) groups is 1. The first-order valence-electron chi connectivity index (χ1n) is 7.34. The van der Waals surface area contributed by atoms with Crippen LogP contribution >= 0.6 is 11.8 Å². The summed E-state index contributed by atoms with van der Waals surface area (Å²) in [5.74, 6) is -0.600. The molecule has 4 nitrogen and oxygen atoms in total. The number of benzene rings is 1. The van der Waals surface area contributed by atoms with Crippen LogP contribution in [0.1, 0.15) is 19.8 Å². The van der Waals surface area contributed by atoms with Crippen LogP contribution in [-0.4, -0.2) is 29.3 Å². The molecule has 0 bridgehead atoms. The number of carbonyl (C=O) groups is 2. The molecule has 1 fully saturated rings. The molecule has 1 heterocycles. The third-order valence-corrected chi connectivity index (χ3v) is 5.47. The van der Waals surface area contributed by atoms with Crippen molar-refractivity contribution in [1.82, 2.24) is 0 Å². The van der Waals surface area contributed by atoms with Crippen molar-refractivity contribution in [2.24, 2.45) is 17.8 Å². The molecule has 3 atom stereocenters. The largest absolute Gasteiger partial charge is 0.481 e. The average Bonchev–Trinajstić information content (AvgIpc) is 2.88. The van der Waals surface area contributed by atoms with Gasteiger partial charge in [0.2, 0.25) is 5.91 Å². The molecule has 1 aliphatic carbocycles. The Hall–Kier alpha value is -1.49. The van der Waals surface area contributed by atoms with Gasteiger partial charge in [-0.1, -0.05) is 19.1 Å². The van der Waals surface area contributed by atoms with Crippen molar-refractivity contribution in [3.05, 3.63) is 24.3 Å². The third-order valence-electron chi connectivity index (χ3n) is 4.43. The van der Waals surface area contributed by atoms with Gasteiger partial charge in [-0.2, -0.15) is 0 Å². The summed E-state index contributed by atoms with van der Waals surface area (Å²) in [7, 11) is 0. The maximum Gasteiger partial charge on any atom is 0.307 e. The molecule has 1 N–H and O–H groups in total. The van der Waals surface area contributed by atoms with Crippen LogP contribution in [0.2, 0.25) is 0 Å². The summed E-state index contributed by atoms with van der Waals surface area (Å²) in [5, 5.41) is 9.37. The summed E-state index contributed by atoms with van der Waals surface area (Å²) in [6.45, 7) is 2.70. The minimum Gasteiger partial charge on any atom is -0.481 e. The number of para-hydroxylation sites is 1. The number of anilines is 1. The molecule has 1 aromatic rings. The fourth-order valence-corrected chi connectivity index (χ4v) is 4.43. The Kier molecular flexibility index (Phi) is 3.93. The summed E-state index contributed by atoms with van der Waals surface area (Å²) < 4.78 is 0. The van der Waals surface area contributed by atoms with Crippen LogP contribution in [0.15, 0.2) is 29.2 Å². The van der Waals surface area contributed by atoms with Crippen LogP contribution in [0.25, 0.3) is 0 Å². The number of carbonyl (C=O) groups excluding carboxylic acids is 1. The Labute approximate surface area is 128 Å². The molecular formula is C16H19NO3S. The molecular weight excluding hydrogens is 286 g/mol. The van der Waals surface area contributed by atoms with Crippen molar-refractivity contribution in [1.29, 1.82) is 0 Å². The van der Waals surface area contributed by atoms with Crippen molar-refractivity contribution in [3.63, 3.8) is 0 Å². The van der Waals surface area contributed by atoms with Gasteiger partial charge in [0.1, 0.15) is 0 Å². The molecule has 3 unspecified atom stereocenters. The number of hydrogen-bond donors (Lipinski definition) is 1. The number of nitrogens with zero attached hydrogens (tertiary/aromatic N) is 1. The van der Waals surface area contributed by atoms with Crippen LogP contribution in [0.4, 0.5) is 5.69 Å². The number of carboxylic acid groups (broad SMARTS) is 1. The van der Waals surface area contributed by atoms with Gasteiger partial charge in [-0.05, 0) is 30.9 Å². The average molecular weight is 305 g/mol. The lowest BCUT2D eigenvalue weighted by Gasteiger charge is -2.32. The fourth-order valence-electron chi connectivity index (χ4n) is 3.44. The van der Waals surface area contributed by atoms with Crippen molar-refractivity contribution < 1.29 is 14.7 Å². The molecule has 112 valence electrons. The third kappa shape index (κ3) is 2.67. The molecule has 5 heteroatoms. The van der Waals surface area contributed by atoms with Gasteiger partial charge in [-0.3, -0.25) is 9.59 Å². The molecule has 0 saturated heterocycles. The van der Waals surface area contributed by atoms with Gasteiger partial charge < -0.3 is 10.0 Å². The van der Waals surface area contributed by atoms with E-state index in [9.17, 15) is 14.7 Å². The lowest BCUT2D eigenvalue weighted by molar-refractivity contribution is -0.145. The van der Waals surface area contributed by atoms with Gasteiger partial charge in [-0.15, -0.1) is 11.8 Å². The minimum absolute atomic E-state index is 0.0144. The second kappa shape index (κ2) is 5.72. The Morgan fingerprint density at radius 3 is 2.71 bits per heavy atom. The SMILES string of the molecule is CC1CC(C(=O)O)C(C(=O)N2CCSc3ccccc32)C1. The van der Waals surface area contributed by atoms with Gasteiger partial charge in [0, 0.05) is 17.2 Å². The molecule has 3 rings (SSSR count). The van der Waals surface area contributed by atoms with E-state index in [1.807, 2.05) is 31.2 Å². The second-order valence-electron chi connectivity index (χ2n) is 5.93. The first-order chi connectivity index (χ1) is 10.1. The summed E-state index contributed by atoms with van der Waals surface area (Å²) >= 11 is 1.75. The molecule has 1 amide bonds. The van der Waals surface area contributed by atoms with Crippen LogP contribution in [0.3, 0.4) is 0 Å². The van der Waals surface area contributed by atoms with Crippen molar-refractivity contribution in [3.8, 4) is 0 Å². The quantitative estimate of drug-likeness (QED) is 0.913. The maximum absolute atomic E-state index is 12.9. The van der Waals surface area contributed by atoms with Crippen LogP contribution in [-0.2, 0) is 9.59 Å². The Morgan fingerprint density at radius 1 is 1.24 bits per heavy atom. The van der Waals surface area contributed by atoms with Crippen LogP contribution in [0.5, 0.6) is 0 Å². The molecule has 1 aromatic carbocycles. The normalized spacial score (nSPS) is 28.2. The van der Waals surface area contributed by atoms with Crippen molar-refractivity contribution in [2.75, 3.05) is 17.2 Å². The minimum atomic E-state index is -0.836. The number of amides is 1. The summed E-state index contributed by atoms with van der Waals surface area (Å²) in [6, 6.07) is 7.87. The van der Waals surface area contributed by atoms with Crippen molar-refractivity contribution >= 4 is 29.3 Å². The topological polar surface area (TPSA) is 57.6 Å². The van der Waals surface area contributed by atoms with E-state index < -0.39 is 11.9 Å². The number of aliphatic carboxylic acids is 1. The van der Waals surface area contributed by atoms with E-state index in [1.165, 1.54) is 0 Å². The van der Waals surface area contributed by atoms with Crippen LogP contribution < -0.4 is 4.90 Å². The van der Waals surface area contributed by atoms with E-state index in [-0.39, 0.29) is 11.8 Å². The number of fused-ring (bicyclic) bond motifs is 1. The molecule has 0 spiro atoms. The number of carboxylic acids is 1. The molecule has 1 saturated carbocycles. The Bertz CT molecular complexity index is 574. The predicted octanol–water partition coefficient (Wildman–Crippen LogP) is 2.87. The van der Waals surface area contributed by atoms with E-state index >= 15 is 0 Å². The molecule has 0 aromatic heterocycles. The first-order valence-corrected chi connectivity index (χ1v) is 8.32. The van der Waals surface area contributed by atoms with Gasteiger partial charge in [0.25, 0.3) is 0 Å². The zero-order chi connectivity index (χ0) is 15.0. The highest BCUT2D eigenvalue weighted by Gasteiger charge is 2.43. The highest BCUT2D eigenvalue weighted by Crippen LogP contribution is 2.41. The van der Waals surface area contributed by atoms with E-state index in [4.69, 9.17) is 0 Å². The molecule has 0 radical (unpaired) electrons. The zero-order valence-corrected chi connectivity index (χ0v) is 12.8. The van der Waals surface area contributed by atoms with Crippen LogP contribution in [0, 0.1) is 17.8 Å². The molecule has 21 heavy (non-hydrogen) atoms. The highest BCUT2D eigenvalue weighted by atomic mass is 32.2. The van der Waals surface area contributed by atoms with E-state index in [0.717, 1.165) is 16.3 Å². The Balaban J connectivity index is 1.87. The molecule has 2 aliphatic rings.